The average molecular weight is 574 g/mol. The molecule has 0 aromatic heterocycles. The van der Waals surface area contributed by atoms with Crippen molar-refractivity contribution in [2.45, 2.75) is 0 Å². The zero-order valence-corrected chi connectivity index (χ0v) is 27.9. The molecule has 0 unspecified atom stereocenters. The monoisotopic (exact) mass is 574 g/mol. The molecule has 0 fully saturated rings. The average Bonchev–Trinajstić information content (AvgIpc) is 2.68. The molecule has 0 spiro atoms. The number of benzene rings is 3. The molecule has 0 heterocycles. The molecule has 3 aromatic carbocycles. The van der Waals surface area contributed by atoms with Crippen LogP contribution in [-0.4, -0.2) is 25.3 Å². The molecule has 34 heavy (non-hydrogen) atoms. The maximum atomic E-state index is 12.9. The van der Waals surface area contributed by atoms with Crippen LogP contribution in [-0.2, 0) is 29.2 Å². The first kappa shape index (κ1) is 34.3. The van der Waals surface area contributed by atoms with Crippen molar-refractivity contribution in [3.8, 4) is 17.2 Å². The van der Waals surface area contributed by atoms with E-state index in [1.807, 2.05) is 0 Å². The summed E-state index contributed by atoms with van der Waals surface area (Å²) in [7, 11) is -15.9. The molecular formula is C18H18Na3O9PS3. The number of hydrogen-bond donors (Lipinski definition) is 0. The van der Waals surface area contributed by atoms with E-state index in [1.54, 1.807) is 18.2 Å². The van der Waals surface area contributed by atoms with Gasteiger partial charge in [0.25, 0.3) is 0 Å². The van der Waals surface area contributed by atoms with Crippen LogP contribution < -0.4 is 101 Å². The van der Waals surface area contributed by atoms with Crippen molar-refractivity contribution in [2.24, 2.45) is 0 Å². The summed E-state index contributed by atoms with van der Waals surface area (Å²) < 4.78 is 91.6. The van der Waals surface area contributed by atoms with Crippen molar-refractivity contribution in [2.75, 3.05) is 0 Å². The number of para-hydroxylation sites is 3. The molecule has 3 aromatic rings. The maximum Gasteiger partial charge on any atom is 1.00 e. The van der Waals surface area contributed by atoms with Gasteiger partial charge in [-0.05, 0) is 36.4 Å². The van der Waals surface area contributed by atoms with E-state index in [4.69, 9.17) is 12.5 Å². The maximum absolute atomic E-state index is 12.9. The molecule has 0 aliphatic heterocycles. The molecule has 0 aliphatic rings. The molecule has 16 heteroatoms. The van der Waals surface area contributed by atoms with E-state index < -0.39 is 34.7 Å². The molecule has 0 aliphatic carbocycles. The Morgan fingerprint density at radius 1 is 0.441 bits per heavy atom. The fourth-order valence-corrected chi connectivity index (χ4v) is 15.2. The second-order valence-electron chi connectivity index (χ2n) is 5.70. The van der Waals surface area contributed by atoms with E-state index in [2.05, 4.69) is 0 Å². The first-order chi connectivity index (χ1) is 14.6. The Balaban J connectivity index is -0.000000907. The predicted octanol–water partition coefficient (Wildman–Crippen LogP) is -5.21. The van der Waals surface area contributed by atoms with Gasteiger partial charge in [-0.15, -0.1) is 0 Å². The van der Waals surface area contributed by atoms with Crippen LogP contribution >= 0.6 is 5.53 Å². The summed E-state index contributed by atoms with van der Waals surface area (Å²) in [6.45, 7) is 0. The molecule has 3 rings (SSSR count). The molecule has 0 saturated carbocycles. The van der Waals surface area contributed by atoms with Crippen molar-refractivity contribution in [3.05, 3.63) is 91.0 Å². The first-order valence-electron chi connectivity index (χ1n) is 8.39. The van der Waals surface area contributed by atoms with Gasteiger partial charge in [-0.25, -0.2) is 0 Å². The molecule has 0 radical (unpaired) electrons. The molecule has 0 saturated heterocycles. The molecule has 0 amide bonds. The summed E-state index contributed by atoms with van der Waals surface area (Å²) in [5.74, 6) is -0.834. The van der Waals surface area contributed by atoms with Gasteiger partial charge in [0.2, 0.25) is 0 Å². The Kier molecular flexibility index (Phi) is 15.1. The second-order valence-corrected chi connectivity index (χ2v) is 18.6. The molecule has 170 valence electrons. The summed E-state index contributed by atoms with van der Waals surface area (Å²) in [6.07, 6.45) is 0. The van der Waals surface area contributed by atoms with Gasteiger partial charge in [0.15, 0.2) is 0 Å². The van der Waals surface area contributed by atoms with Crippen LogP contribution in [0.5, 0.6) is 17.2 Å². The molecule has 0 bridgehead atoms. The minimum atomic E-state index is -5.29. The van der Waals surface area contributed by atoms with Crippen molar-refractivity contribution in [1.82, 2.24) is 0 Å². The third kappa shape index (κ3) is 9.66. The van der Waals surface area contributed by atoms with Crippen LogP contribution in [0.15, 0.2) is 91.0 Å². The molecule has 9 nitrogen and oxygen atoms in total. The Hall–Kier alpha value is 0.340. The largest absolute Gasteiger partial charge is 1.00 e. The fourth-order valence-electron chi connectivity index (χ4n) is 2.22. The van der Waals surface area contributed by atoms with Gasteiger partial charge in [-0.1, -0.05) is 54.6 Å². The summed E-state index contributed by atoms with van der Waals surface area (Å²) >= 11 is 0. The summed E-state index contributed by atoms with van der Waals surface area (Å²) in [5.41, 5.74) is -4.11. The Morgan fingerprint density at radius 2 is 0.647 bits per heavy atom. The van der Waals surface area contributed by atoms with Crippen LogP contribution in [0.25, 0.3) is 0 Å². The van der Waals surface area contributed by atoms with Crippen LogP contribution in [0, 0.1) is 0 Å². The zero-order chi connectivity index (χ0) is 22.5. The van der Waals surface area contributed by atoms with E-state index in [9.17, 15) is 25.3 Å². The minimum Gasteiger partial charge on any atom is -1.00 e. The normalized spacial score (nSPS) is 11.2. The van der Waals surface area contributed by atoms with Gasteiger partial charge >= 0.3 is 123 Å². The van der Waals surface area contributed by atoms with Gasteiger partial charge in [0.1, 0.15) is 17.2 Å². The quantitative estimate of drug-likeness (QED) is 0.182. The third-order valence-corrected chi connectivity index (χ3v) is 19.5. The van der Waals surface area contributed by atoms with Crippen LogP contribution in [0.4, 0.5) is 0 Å². The SMILES string of the molecule is O=S(=O)(Oc1ccccc1)P(S(=O)(=O)Oc1ccccc1)S(=O)(=O)Oc1ccccc1.[H-].[H-].[H-].[Na+].[Na+].[Na+]. The van der Waals surface area contributed by atoms with Crippen molar-refractivity contribution in [3.63, 3.8) is 0 Å². The predicted molar refractivity (Wildman–Crippen MR) is 118 cm³/mol. The van der Waals surface area contributed by atoms with Gasteiger partial charge in [0, 0.05) is 0 Å². The summed E-state index contributed by atoms with van der Waals surface area (Å²) in [6, 6.07) is 20.6. The second kappa shape index (κ2) is 14.9. The molecule has 0 N–H and O–H groups in total. The van der Waals surface area contributed by atoms with E-state index in [1.165, 1.54) is 72.8 Å². The van der Waals surface area contributed by atoms with Gasteiger partial charge in [-0.2, -0.15) is 25.3 Å². The van der Waals surface area contributed by atoms with Gasteiger partial charge in [-0.3, -0.25) is 0 Å². The van der Waals surface area contributed by atoms with Crippen molar-refractivity contribution >= 4 is 34.7 Å². The van der Waals surface area contributed by atoms with Crippen molar-refractivity contribution in [1.29, 1.82) is 0 Å². The smallest absolute Gasteiger partial charge is 1.00 e. The van der Waals surface area contributed by atoms with Crippen LogP contribution in [0.3, 0.4) is 0 Å². The fraction of sp³-hybridized carbons (Fsp3) is 0. The Bertz CT molecular complexity index is 1190. The van der Waals surface area contributed by atoms with E-state index in [0.717, 1.165) is 0 Å². The summed E-state index contributed by atoms with van der Waals surface area (Å²) in [4.78, 5) is 0. The van der Waals surface area contributed by atoms with E-state index in [-0.39, 0.29) is 110 Å². The Labute approximate surface area is 270 Å². The summed E-state index contributed by atoms with van der Waals surface area (Å²) in [5, 5.41) is 0. The van der Waals surface area contributed by atoms with Crippen LogP contribution in [0.2, 0.25) is 0 Å². The van der Waals surface area contributed by atoms with Crippen LogP contribution in [0.1, 0.15) is 4.28 Å². The topological polar surface area (TPSA) is 130 Å². The number of hydrogen-bond acceptors (Lipinski definition) is 9. The number of rotatable bonds is 9. The molecular weight excluding hydrogens is 556 g/mol. The van der Waals surface area contributed by atoms with E-state index in [0.29, 0.717) is 0 Å². The first-order valence-corrected chi connectivity index (χ1v) is 15.8. The third-order valence-electron chi connectivity index (χ3n) is 3.38. The minimum absolute atomic E-state index is 0. The van der Waals surface area contributed by atoms with E-state index >= 15 is 0 Å². The van der Waals surface area contributed by atoms with Gasteiger partial charge < -0.3 is 16.8 Å². The molecule has 0 atom stereocenters. The van der Waals surface area contributed by atoms with Gasteiger partial charge in [0.05, 0.1) is 0 Å². The Morgan fingerprint density at radius 3 is 0.853 bits per heavy atom. The van der Waals surface area contributed by atoms with Crippen molar-refractivity contribution < 1.29 is 131 Å². The zero-order valence-electron chi connectivity index (χ0n) is 21.5. The standard InChI is InChI=1S/C18H15O9PS3.3Na.3H/c19-29(20,25-16-10-4-1-5-11-16)28(30(21,22)26-17-12-6-2-7-13-17)31(23,24)27-18-14-8-3-9-15-18;;;;;;/h1-15H;;;;;;/q;3*+1;3*-1.